The Hall–Kier alpha value is -1.92. The highest BCUT2D eigenvalue weighted by molar-refractivity contribution is 7.20. The molecule has 0 spiro atoms. The van der Waals surface area contributed by atoms with Gasteiger partial charge in [-0.2, -0.15) is 0 Å². The summed E-state index contributed by atoms with van der Waals surface area (Å²) in [5.74, 6) is -0.0716. The summed E-state index contributed by atoms with van der Waals surface area (Å²) in [6, 6.07) is 7.54. The lowest BCUT2D eigenvalue weighted by Crippen LogP contribution is -2.21. The van der Waals surface area contributed by atoms with Gasteiger partial charge < -0.3 is 11.1 Å². The molecule has 3 aromatic rings. The summed E-state index contributed by atoms with van der Waals surface area (Å²) in [6.45, 7) is 2.47. The number of thiophene rings is 1. The van der Waals surface area contributed by atoms with Gasteiger partial charge in [-0.3, -0.25) is 4.79 Å². The number of nitrogen functional groups attached to an aromatic ring is 1. The summed E-state index contributed by atoms with van der Waals surface area (Å²) in [5.41, 5.74) is 6.45. The minimum atomic E-state index is -0.0716. The molecule has 0 saturated heterocycles. The fraction of sp³-hybridized carbons (Fsp3) is 0.143. The van der Waals surface area contributed by atoms with E-state index in [4.69, 9.17) is 5.73 Å². The first kappa shape index (κ1) is 13.1. The van der Waals surface area contributed by atoms with Crippen LogP contribution in [0.5, 0.6) is 0 Å². The molecule has 4 nitrogen and oxygen atoms in total. The average molecular weight is 303 g/mol. The summed E-state index contributed by atoms with van der Waals surface area (Å²) in [6.07, 6.45) is 1.81. The number of aromatic nitrogens is 1. The van der Waals surface area contributed by atoms with Gasteiger partial charge in [-0.25, -0.2) is 4.98 Å². The van der Waals surface area contributed by atoms with Crippen molar-refractivity contribution in [2.24, 2.45) is 0 Å². The van der Waals surface area contributed by atoms with Crippen molar-refractivity contribution in [3.8, 4) is 0 Å². The molecule has 1 aromatic carbocycles. The van der Waals surface area contributed by atoms with Crippen LogP contribution in [0.25, 0.3) is 10.1 Å². The van der Waals surface area contributed by atoms with Gasteiger partial charge in [-0.1, -0.05) is 0 Å². The van der Waals surface area contributed by atoms with Gasteiger partial charge in [0, 0.05) is 21.5 Å². The Morgan fingerprint density at radius 3 is 2.95 bits per heavy atom. The second kappa shape index (κ2) is 5.22. The molecule has 6 heteroatoms. The van der Waals surface area contributed by atoms with Crippen LogP contribution < -0.4 is 11.1 Å². The lowest BCUT2D eigenvalue weighted by Gasteiger charge is -1.99. The summed E-state index contributed by atoms with van der Waals surface area (Å²) in [4.78, 5) is 18.2. The largest absolute Gasteiger partial charge is 0.399 e. The van der Waals surface area contributed by atoms with Crippen LogP contribution in [0, 0.1) is 6.92 Å². The van der Waals surface area contributed by atoms with E-state index in [-0.39, 0.29) is 5.91 Å². The SMILES string of the molecule is Cc1cnc(CNC(=O)c2cc3cc(N)ccc3s2)s1. The third-order valence-corrected chi connectivity index (χ3v) is 4.86. The molecule has 102 valence electrons. The maximum atomic E-state index is 12.1. The van der Waals surface area contributed by atoms with Gasteiger partial charge >= 0.3 is 0 Å². The molecule has 20 heavy (non-hydrogen) atoms. The fourth-order valence-electron chi connectivity index (χ4n) is 1.90. The Morgan fingerprint density at radius 2 is 2.20 bits per heavy atom. The lowest BCUT2D eigenvalue weighted by atomic mass is 10.2. The molecule has 3 rings (SSSR count). The highest BCUT2D eigenvalue weighted by Crippen LogP contribution is 2.27. The predicted octanol–water partition coefficient (Wildman–Crippen LogP) is 3.18. The smallest absolute Gasteiger partial charge is 0.261 e. The molecule has 2 aromatic heterocycles. The minimum absolute atomic E-state index is 0.0716. The average Bonchev–Trinajstić information content (AvgIpc) is 3.01. The van der Waals surface area contributed by atoms with Gasteiger partial charge in [-0.15, -0.1) is 22.7 Å². The van der Waals surface area contributed by atoms with Crippen molar-refractivity contribution in [3.05, 3.63) is 45.2 Å². The van der Waals surface area contributed by atoms with E-state index in [0.29, 0.717) is 17.1 Å². The molecule has 0 atom stereocenters. The van der Waals surface area contributed by atoms with Crippen LogP contribution in [-0.2, 0) is 6.54 Å². The van der Waals surface area contributed by atoms with Crippen LogP contribution in [-0.4, -0.2) is 10.9 Å². The minimum Gasteiger partial charge on any atom is -0.399 e. The Kier molecular flexibility index (Phi) is 3.42. The molecular formula is C14H13N3OS2. The number of carbonyl (C=O) groups is 1. The molecular weight excluding hydrogens is 290 g/mol. The molecule has 0 unspecified atom stereocenters. The number of nitrogens with zero attached hydrogens (tertiary/aromatic N) is 1. The normalized spacial score (nSPS) is 10.8. The predicted molar refractivity (Wildman–Crippen MR) is 84.3 cm³/mol. The molecule has 0 aliphatic carbocycles. The zero-order chi connectivity index (χ0) is 14.1. The molecule has 3 N–H and O–H groups in total. The number of benzene rings is 1. The number of fused-ring (bicyclic) bond motifs is 1. The third-order valence-electron chi connectivity index (χ3n) is 2.83. The van der Waals surface area contributed by atoms with Crippen LogP contribution in [0.15, 0.2) is 30.5 Å². The first-order chi connectivity index (χ1) is 9.61. The van der Waals surface area contributed by atoms with E-state index in [2.05, 4.69) is 10.3 Å². The second-order valence-electron chi connectivity index (χ2n) is 4.46. The van der Waals surface area contributed by atoms with Crippen LogP contribution >= 0.6 is 22.7 Å². The number of thiazole rings is 1. The molecule has 0 aliphatic heterocycles. The zero-order valence-corrected chi connectivity index (χ0v) is 12.5. The van der Waals surface area contributed by atoms with E-state index >= 15 is 0 Å². The van der Waals surface area contributed by atoms with Crippen molar-refractivity contribution in [2.45, 2.75) is 13.5 Å². The van der Waals surface area contributed by atoms with Crippen molar-refractivity contribution in [1.82, 2.24) is 10.3 Å². The van der Waals surface area contributed by atoms with E-state index in [1.807, 2.05) is 37.4 Å². The molecule has 0 bridgehead atoms. The van der Waals surface area contributed by atoms with Crippen molar-refractivity contribution in [2.75, 3.05) is 5.73 Å². The number of nitrogens with two attached hydrogens (primary N) is 1. The third kappa shape index (κ3) is 2.66. The van der Waals surface area contributed by atoms with Crippen LogP contribution in [0.2, 0.25) is 0 Å². The maximum Gasteiger partial charge on any atom is 0.261 e. The maximum absolute atomic E-state index is 12.1. The monoisotopic (exact) mass is 303 g/mol. The van der Waals surface area contributed by atoms with E-state index in [0.717, 1.165) is 20.0 Å². The quantitative estimate of drug-likeness (QED) is 0.730. The van der Waals surface area contributed by atoms with Crippen LogP contribution in [0.3, 0.4) is 0 Å². The number of hydrogen-bond acceptors (Lipinski definition) is 5. The summed E-state index contributed by atoms with van der Waals surface area (Å²) in [5, 5.41) is 4.81. The highest BCUT2D eigenvalue weighted by Gasteiger charge is 2.11. The van der Waals surface area contributed by atoms with E-state index < -0.39 is 0 Å². The summed E-state index contributed by atoms with van der Waals surface area (Å²) >= 11 is 3.06. The van der Waals surface area contributed by atoms with E-state index in [1.54, 1.807) is 11.3 Å². The van der Waals surface area contributed by atoms with Crippen LogP contribution in [0.1, 0.15) is 19.6 Å². The summed E-state index contributed by atoms with van der Waals surface area (Å²) in [7, 11) is 0. The first-order valence-corrected chi connectivity index (χ1v) is 7.74. The fourth-order valence-corrected chi connectivity index (χ4v) is 3.59. The molecule has 1 amide bonds. The standard InChI is InChI=1S/C14H13N3OS2/c1-8-6-16-13(19-8)7-17-14(18)12-5-9-4-10(15)2-3-11(9)20-12/h2-6H,7,15H2,1H3,(H,17,18). The van der Waals surface area contributed by atoms with Gasteiger partial charge in [0.05, 0.1) is 11.4 Å². The Balaban J connectivity index is 1.75. The van der Waals surface area contributed by atoms with E-state index in [1.165, 1.54) is 11.3 Å². The van der Waals surface area contributed by atoms with Crippen LogP contribution in [0.4, 0.5) is 5.69 Å². The Labute approximate surface area is 124 Å². The molecule has 0 aliphatic rings. The molecule has 0 fully saturated rings. The second-order valence-corrected chi connectivity index (χ2v) is 6.86. The van der Waals surface area contributed by atoms with Crippen molar-refractivity contribution >= 4 is 44.4 Å². The number of aryl methyl sites for hydroxylation is 1. The van der Waals surface area contributed by atoms with Crippen molar-refractivity contribution < 1.29 is 4.79 Å². The van der Waals surface area contributed by atoms with Gasteiger partial charge in [0.15, 0.2) is 0 Å². The molecule has 2 heterocycles. The van der Waals surface area contributed by atoms with Gasteiger partial charge in [-0.05, 0) is 36.6 Å². The Bertz CT molecular complexity index is 776. The number of anilines is 1. The van der Waals surface area contributed by atoms with Crippen molar-refractivity contribution in [1.29, 1.82) is 0 Å². The Morgan fingerprint density at radius 1 is 1.35 bits per heavy atom. The zero-order valence-electron chi connectivity index (χ0n) is 10.8. The number of hydrogen-bond donors (Lipinski definition) is 2. The highest BCUT2D eigenvalue weighted by atomic mass is 32.1. The molecule has 0 saturated carbocycles. The van der Waals surface area contributed by atoms with Gasteiger partial charge in [0.1, 0.15) is 5.01 Å². The molecule has 0 radical (unpaired) electrons. The topological polar surface area (TPSA) is 68.0 Å². The van der Waals surface area contributed by atoms with E-state index in [9.17, 15) is 4.79 Å². The number of rotatable bonds is 3. The number of amides is 1. The van der Waals surface area contributed by atoms with Gasteiger partial charge in [0.25, 0.3) is 5.91 Å². The summed E-state index contributed by atoms with van der Waals surface area (Å²) < 4.78 is 1.06. The lowest BCUT2D eigenvalue weighted by molar-refractivity contribution is 0.0955. The first-order valence-electron chi connectivity index (χ1n) is 6.10. The van der Waals surface area contributed by atoms with Crippen molar-refractivity contribution in [3.63, 3.8) is 0 Å². The number of carbonyl (C=O) groups excluding carboxylic acids is 1. The number of nitrogens with one attached hydrogen (secondary N) is 1. The van der Waals surface area contributed by atoms with Gasteiger partial charge in [0.2, 0.25) is 0 Å².